The van der Waals surface area contributed by atoms with Crippen molar-refractivity contribution < 1.29 is 0 Å². The molecule has 4 nitrogen and oxygen atoms in total. The molecule has 21 heavy (non-hydrogen) atoms. The molecule has 0 radical (unpaired) electrons. The number of hydrogen-bond acceptors (Lipinski definition) is 5. The Morgan fingerprint density at radius 3 is 2.95 bits per heavy atom. The Bertz CT molecular complexity index is 607. The highest BCUT2D eigenvalue weighted by atomic mass is 32.1. The summed E-state index contributed by atoms with van der Waals surface area (Å²) in [7, 11) is 0. The molecule has 1 N–H and O–H groups in total. The summed E-state index contributed by atoms with van der Waals surface area (Å²) in [5.41, 5.74) is 4.01. The molecule has 0 amide bonds. The molecular formula is C16H20N4S. The smallest absolute Gasteiger partial charge is 0.133 e. The van der Waals surface area contributed by atoms with Crippen molar-refractivity contribution in [3.63, 3.8) is 0 Å². The van der Waals surface area contributed by atoms with Crippen LogP contribution in [0.3, 0.4) is 0 Å². The fourth-order valence-corrected chi connectivity index (χ4v) is 3.58. The maximum absolute atomic E-state index is 4.52. The zero-order chi connectivity index (χ0) is 14.1. The monoisotopic (exact) mass is 300 g/mol. The number of nitrogens with zero attached hydrogens (tertiary/aromatic N) is 3. The van der Waals surface area contributed by atoms with Crippen LogP contribution < -0.4 is 5.32 Å². The highest BCUT2D eigenvalue weighted by Gasteiger charge is 2.25. The Labute approximate surface area is 129 Å². The molecule has 0 unspecified atom stereocenters. The summed E-state index contributed by atoms with van der Waals surface area (Å²) in [5, 5.41) is 7.97. The van der Waals surface area contributed by atoms with Gasteiger partial charge in [-0.15, -0.1) is 0 Å². The van der Waals surface area contributed by atoms with Crippen LogP contribution in [0.15, 0.2) is 23.2 Å². The second-order valence-electron chi connectivity index (χ2n) is 5.97. The van der Waals surface area contributed by atoms with Gasteiger partial charge in [0.1, 0.15) is 12.1 Å². The van der Waals surface area contributed by atoms with Gasteiger partial charge in [-0.05, 0) is 41.7 Å². The molecule has 110 valence electrons. The van der Waals surface area contributed by atoms with Crippen molar-refractivity contribution in [3.05, 3.63) is 40.0 Å². The molecule has 1 aliphatic carbocycles. The summed E-state index contributed by atoms with van der Waals surface area (Å²) in [5.74, 6) is 1.08. The van der Waals surface area contributed by atoms with Gasteiger partial charge in [0.25, 0.3) is 0 Å². The third kappa shape index (κ3) is 3.09. The first-order valence-electron chi connectivity index (χ1n) is 7.71. The quantitative estimate of drug-likeness (QED) is 0.942. The first kappa shape index (κ1) is 13.2. The van der Waals surface area contributed by atoms with Gasteiger partial charge in [0, 0.05) is 37.7 Å². The lowest BCUT2D eigenvalue weighted by Crippen LogP contribution is -2.25. The summed E-state index contributed by atoms with van der Waals surface area (Å²) in [4.78, 5) is 11.5. The lowest BCUT2D eigenvalue weighted by molar-refractivity contribution is 0.279. The van der Waals surface area contributed by atoms with Gasteiger partial charge in [-0.25, -0.2) is 9.97 Å². The van der Waals surface area contributed by atoms with Crippen LogP contribution in [0.4, 0.5) is 5.82 Å². The summed E-state index contributed by atoms with van der Waals surface area (Å²) < 4.78 is 0. The Morgan fingerprint density at radius 1 is 1.24 bits per heavy atom. The number of nitrogens with one attached hydrogen (secondary N) is 1. The lowest BCUT2D eigenvalue weighted by Gasteiger charge is -2.18. The molecule has 0 spiro atoms. The zero-order valence-electron chi connectivity index (χ0n) is 12.1. The van der Waals surface area contributed by atoms with Gasteiger partial charge in [-0.3, -0.25) is 4.90 Å². The first-order chi connectivity index (χ1) is 10.4. The second kappa shape index (κ2) is 5.73. The maximum atomic E-state index is 4.52. The van der Waals surface area contributed by atoms with E-state index in [1.165, 1.54) is 29.7 Å². The Kier molecular flexibility index (Phi) is 3.61. The van der Waals surface area contributed by atoms with Gasteiger partial charge in [-0.2, -0.15) is 11.3 Å². The van der Waals surface area contributed by atoms with E-state index in [0.29, 0.717) is 6.04 Å². The number of anilines is 1. The van der Waals surface area contributed by atoms with Crippen LogP contribution in [0.25, 0.3) is 0 Å². The molecule has 2 aromatic heterocycles. The Hall–Kier alpha value is -1.46. The predicted molar refractivity (Wildman–Crippen MR) is 85.7 cm³/mol. The Morgan fingerprint density at radius 2 is 2.14 bits per heavy atom. The van der Waals surface area contributed by atoms with E-state index in [1.54, 1.807) is 17.7 Å². The third-order valence-electron chi connectivity index (χ3n) is 4.28. The molecule has 0 atom stereocenters. The number of rotatable bonds is 4. The molecule has 1 fully saturated rings. The van der Waals surface area contributed by atoms with Crippen LogP contribution in [0.5, 0.6) is 0 Å². The third-order valence-corrected chi connectivity index (χ3v) is 5.01. The van der Waals surface area contributed by atoms with Gasteiger partial charge < -0.3 is 5.32 Å². The second-order valence-corrected chi connectivity index (χ2v) is 6.75. The zero-order valence-corrected chi connectivity index (χ0v) is 12.9. The fourth-order valence-electron chi connectivity index (χ4n) is 2.92. The lowest BCUT2D eigenvalue weighted by atomic mass is 10.1. The van der Waals surface area contributed by atoms with E-state index in [2.05, 4.69) is 37.0 Å². The fraction of sp³-hybridized carbons (Fsp3) is 0.500. The topological polar surface area (TPSA) is 41.1 Å². The minimum absolute atomic E-state index is 0.647. The van der Waals surface area contributed by atoms with Crippen LogP contribution in [-0.2, 0) is 19.4 Å². The molecule has 0 aromatic carbocycles. The van der Waals surface area contributed by atoms with Gasteiger partial charge >= 0.3 is 0 Å². The number of aromatic nitrogens is 2. The average molecular weight is 300 g/mol. The number of hydrogen-bond donors (Lipinski definition) is 1. The molecular weight excluding hydrogens is 280 g/mol. The van der Waals surface area contributed by atoms with Gasteiger partial charge in [0.05, 0.1) is 5.69 Å². The van der Waals surface area contributed by atoms with E-state index in [0.717, 1.165) is 38.3 Å². The van der Waals surface area contributed by atoms with E-state index in [1.807, 2.05) is 0 Å². The van der Waals surface area contributed by atoms with Gasteiger partial charge in [0.2, 0.25) is 0 Å². The van der Waals surface area contributed by atoms with E-state index in [-0.39, 0.29) is 0 Å². The minimum Gasteiger partial charge on any atom is -0.367 e. The van der Waals surface area contributed by atoms with Crippen molar-refractivity contribution in [2.75, 3.05) is 18.4 Å². The molecule has 0 saturated heterocycles. The summed E-state index contributed by atoms with van der Waals surface area (Å²) in [6.45, 7) is 3.23. The first-order valence-corrected chi connectivity index (χ1v) is 8.65. The normalized spacial score (nSPS) is 19.0. The molecule has 1 saturated carbocycles. The van der Waals surface area contributed by atoms with Gasteiger partial charge in [-0.1, -0.05) is 0 Å². The predicted octanol–water partition coefficient (Wildman–Crippen LogP) is 2.71. The highest BCUT2D eigenvalue weighted by molar-refractivity contribution is 7.07. The molecule has 2 aliphatic rings. The van der Waals surface area contributed by atoms with E-state index in [4.69, 9.17) is 0 Å². The largest absolute Gasteiger partial charge is 0.367 e. The molecule has 3 heterocycles. The molecule has 1 aliphatic heterocycles. The van der Waals surface area contributed by atoms with E-state index < -0.39 is 0 Å². The van der Waals surface area contributed by atoms with Crippen molar-refractivity contribution >= 4 is 17.2 Å². The van der Waals surface area contributed by atoms with Crippen molar-refractivity contribution in [2.24, 2.45) is 0 Å². The van der Waals surface area contributed by atoms with Crippen LogP contribution in [-0.4, -0.2) is 34.0 Å². The van der Waals surface area contributed by atoms with Crippen LogP contribution >= 0.6 is 11.3 Å². The SMILES string of the molecule is c1nc2c(c(NC3CC3)n1)CCN(Cc1ccsc1)CC2. The van der Waals surface area contributed by atoms with Gasteiger partial charge in [0.15, 0.2) is 0 Å². The van der Waals surface area contributed by atoms with Crippen molar-refractivity contribution in [1.82, 2.24) is 14.9 Å². The summed E-state index contributed by atoms with van der Waals surface area (Å²) in [6.07, 6.45) is 6.36. The van der Waals surface area contributed by atoms with Crippen molar-refractivity contribution in [1.29, 1.82) is 0 Å². The summed E-state index contributed by atoms with van der Waals surface area (Å²) >= 11 is 1.78. The number of thiophene rings is 1. The number of fused-ring (bicyclic) bond motifs is 1. The van der Waals surface area contributed by atoms with Crippen LogP contribution in [0.1, 0.15) is 29.7 Å². The molecule has 5 heteroatoms. The van der Waals surface area contributed by atoms with Crippen LogP contribution in [0, 0.1) is 0 Å². The summed E-state index contributed by atoms with van der Waals surface area (Å²) in [6, 6.07) is 2.87. The molecule has 4 rings (SSSR count). The standard InChI is InChI=1S/C16H20N4S/c1-2-13(1)19-16-14-3-6-20(9-12-5-8-21-10-12)7-4-15(14)17-11-18-16/h5,8,10-11,13H,1-4,6-7,9H2,(H,17,18,19). The average Bonchev–Trinajstić information content (AvgIpc) is 3.21. The van der Waals surface area contributed by atoms with Crippen LogP contribution in [0.2, 0.25) is 0 Å². The maximum Gasteiger partial charge on any atom is 0.133 e. The van der Waals surface area contributed by atoms with Crippen molar-refractivity contribution in [3.8, 4) is 0 Å². The highest BCUT2D eigenvalue weighted by Crippen LogP contribution is 2.28. The van der Waals surface area contributed by atoms with Crippen molar-refractivity contribution in [2.45, 2.75) is 38.3 Å². The minimum atomic E-state index is 0.647. The Balaban J connectivity index is 1.49. The van der Waals surface area contributed by atoms with E-state index in [9.17, 15) is 0 Å². The molecule has 0 bridgehead atoms. The molecule has 2 aromatic rings. The van der Waals surface area contributed by atoms with E-state index >= 15 is 0 Å².